The Morgan fingerprint density at radius 3 is 1.33 bits per heavy atom. The summed E-state index contributed by atoms with van der Waals surface area (Å²) in [5, 5.41) is 51.1. The highest BCUT2D eigenvalue weighted by atomic mass is 16.5. The van der Waals surface area contributed by atoms with Crippen LogP contribution >= 0.6 is 0 Å². The maximum Gasteiger partial charge on any atom is 0.326 e. The zero-order valence-electron chi connectivity index (χ0n) is 44.6. The molecule has 0 aromatic carbocycles. The fraction of sp³-hybridized carbons (Fsp3) is 0.820. The van der Waals surface area contributed by atoms with Gasteiger partial charge in [-0.2, -0.15) is 0 Å². The third-order valence-electron chi connectivity index (χ3n) is 10.8. The molecule has 0 bridgehead atoms. The molecule has 440 valence electrons. The van der Waals surface area contributed by atoms with E-state index in [0.717, 1.165) is 51.4 Å². The number of aliphatic hydroxyl groups excluding tert-OH is 1. The summed E-state index contributed by atoms with van der Waals surface area (Å²) < 4.78 is 42.4. The molecule has 0 spiro atoms. The number of amides is 4. The van der Waals surface area contributed by atoms with Crippen LogP contribution in [0.5, 0.6) is 0 Å². The van der Waals surface area contributed by atoms with Crippen LogP contribution in [0.1, 0.15) is 116 Å². The van der Waals surface area contributed by atoms with E-state index in [2.05, 4.69) is 26.6 Å². The third kappa shape index (κ3) is 50.1. The van der Waals surface area contributed by atoms with Gasteiger partial charge in [0.2, 0.25) is 23.6 Å². The first-order valence-corrected chi connectivity index (χ1v) is 26.4. The molecule has 0 aliphatic rings. The number of unbranched alkanes of at least 4 members (excludes halogenated alkanes) is 9. The molecule has 1 unspecified atom stereocenters. The van der Waals surface area contributed by atoms with Gasteiger partial charge in [0.05, 0.1) is 91.8 Å². The van der Waals surface area contributed by atoms with Crippen molar-refractivity contribution in [1.29, 1.82) is 0 Å². The number of carbonyl (C=O) groups is 9. The second kappa shape index (κ2) is 51.0. The van der Waals surface area contributed by atoms with Gasteiger partial charge in [0.25, 0.3) is 0 Å². The molecule has 26 nitrogen and oxygen atoms in total. The summed E-state index contributed by atoms with van der Waals surface area (Å²) >= 11 is 0. The van der Waals surface area contributed by atoms with Crippen molar-refractivity contribution >= 4 is 53.1 Å². The minimum Gasteiger partial charge on any atom is -0.481 e. The van der Waals surface area contributed by atoms with Gasteiger partial charge in [-0.15, -0.1) is 0 Å². The summed E-state index contributed by atoms with van der Waals surface area (Å²) in [7, 11) is 0. The van der Waals surface area contributed by atoms with Crippen molar-refractivity contribution in [3.63, 3.8) is 0 Å². The lowest BCUT2D eigenvalue weighted by molar-refractivity contribution is -0.145. The Balaban J connectivity index is 3.81. The fourth-order valence-corrected chi connectivity index (χ4v) is 6.76. The monoisotopic (exact) mass is 1100 g/mol. The lowest BCUT2D eigenvalue weighted by Crippen LogP contribution is -2.41. The number of carboxylic acids is 3. The molecule has 3 atom stereocenters. The van der Waals surface area contributed by atoms with E-state index < -0.39 is 53.7 Å². The highest BCUT2D eigenvalue weighted by Crippen LogP contribution is 2.16. The first kappa shape index (κ1) is 71.2. The number of nitrogens with one attached hydrogen (secondary N) is 5. The van der Waals surface area contributed by atoms with E-state index in [0.29, 0.717) is 45.8 Å². The van der Waals surface area contributed by atoms with E-state index in [1.165, 1.54) is 6.92 Å². The van der Waals surface area contributed by atoms with Crippen molar-refractivity contribution in [3.8, 4) is 0 Å². The molecule has 76 heavy (non-hydrogen) atoms. The lowest BCUT2D eigenvalue weighted by Gasteiger charge is -2.15. The van der Waals surface area contributed by atoms with E-state index in [1.807, 2.05) is 0 Å². The molecule has 0 aliphatic carbocycles. The zero-order valence-corrected chi connectivity index (χ0v) is 44.6. The molecular weight excluding hydrogens is 1010 g/mol. The van der Waals surface area contributed by atoms with E-state index >= 15 is 0 Å². The van der Waals surface area contributed by atoms with Gasteiger partial charge in [-0.05, 0) is 32.6 Å². The maximum atomic E-state index is 12.6. The summed E-state index contributed by atoms with van der Waals surface area (Å²) in [6.07, 6.45) is 7.49. The van der Waals surface area contributed by atoms with Gasteiger partial charge >= 0.3 is 17.9 Å². The first-order valence-electron chi connectivity index (χ1n) is 26.4. The van der Waals surface area contributed by atoms with E-state index in [9.17, 15) is 58.5 Å². The minimum absolute atomic E-state index is 0.0226. The van der Waals surface area contributed by atoms with E-state index in [-0.39, 0.29) is 162 Å². The van der Waals surface area contributed by atoms with Crippen molar-refractivity contribution < 1.29 is 101 Å². The number of rotatable bonds is 57. The van der Waals surface area contributed by atoms with E-state index in [4.69, 9.17) is 43.0 Å². The molecule has 0 aromatic heterocycles. The highest BCUT2D eigenvalue weighted by molar-refractivity contribution is 5.86. The Bertz CT molecular complexity index is 1590. The van der Waals surface area contributed by atoms with Crippen molar-refractivity contribution in [2.24, 2.45) is 5.92 Å². The Morgan fingerprint density at radius 2 is 0.855 bits per heavy atom. The average Bonchev–Trinajstić information content (AvgIpc) is 3.37. The molecule has 26 heteroatoms. The van der Waals surface area contributed by atoms with E-state index in [1.54, 1.807) is 0 Å². The molecule has 0 saturated carbocycles. The SMILES string of the molecule is CC(=O)COCCOCCNC(=O)COCCOCCNC(=O)COCCOCCNC(O)COCCOCCNC(=O)CC[C@H](CC(=O)CC[C@H](NC(=O)CCCCCCCCCCCCC(=O)O)C(=O)O)C(=O)O. The standard InChI is InChI=1S/C50H89N5O21/c1-39(56)35-73-30-26-70-23-19-52-45(60)37-75-32-28-72-25-21-54-47(62)38-76-33-29-71-24-20-53-46(61)36-74-31-27-69-22-18-51-43(58)17-14-40(49(65)66)34-41(57)15-16-42(50(67)68)55-44(59)12-10-8-6-4-2-3-5-7-9-11-13-48(63)64/h40,42,46,53,61H,2-38H2,1H3,(H,51,58)(H,52,60)(H,54,62)(H,55,59)(H,63,64)(H,65,66)(H,67,68)/t40-,42+,46?/m1/s1. The Kier molecular flexibility index (Phi) is 47.8. The smallest absolute Gasteiger partial charge is 0.326 e. The first-order chi connectivity index (χ1) is 36.6. The molecule has 0 heterocycles. The van der Waals surface area contributed by atoms with Gasteiger partial charge in [-0.3, -0.25) is 43.7 Å². The Hall–Kier alpha value is -4.77. The van der Waals surface area contributed by atoms with Crippen LogP contribution in [0.2, 0.25) is 0 Å². The average molecular weight is 1100 g/mol. The van der Waals surface area contributed by atoms with Crippen LogP contribution in [-0.4, -0.2) is 218 Å². The predicted octanol–water partition coefficient (Wildman–Crippen LogP) is 0.520. The summed E-state index contributed by atoms with van der Waals surface area (Å²) in [5.41, 5.74) is 0. The normalized spacial score (nSPS) is 12.3. The molecule has 0 aromatic rings. The molecule has 0 rings (SSSR count). The number of ether oxygens (including phenoxy) is 8. The molecule has 9 N–H and O–H groups in total. The van der Waals surface area contributed by atoms with Crippen LogP contribution in [-0.2, 0) is 81.0 Å². The number of Topliss-reactive ketones (excluding diaryl/α,β-unsaturated/α-hetero) is 2. The molecule has 0 radical (unpaired) electrons. The van der Waals surface area contributed by atoms with Crippen LogP contribution in [0, 0.1) is 5.92 Å². The number of carboxylic acid groups (broad SMARTS) is 3. The van der Waals surface area contributed by atoms with Crippen molar-refractivity contribution in [1.82, 2.24) is 26.6 Å². The molecule has 0 fully saturated rings. The topological polar surface area (TPSA) is 369 Å². The highest BCUT2D eigenvalue weighted by Gasteiger charge is 2.25. The second-order valence-corrected chi connectivity index (χ2v) is 17.6. The van der Waals surface area contributed by atoms with Gasteiger partial charge < -0.3 is 79.6 Å². The van der Waals surface area contributed by atoms with Crippen molar-refractivity contribution in [3.05, 3.63) is 0 Å². The summed E-state index contributed by atoms with van der Waals surface area (Å²) in [6, 6.07) is -1.29. The van der Waals surface area contributed by atoms with Crippen LogP contribution in [0.3, 0.4) is 0 Å². The Morgan fingerprint density at radius 1 is 0.421 bits per heavy atom. The number of hydrogen-bond donors (Lipinski definition) is 9. The van der Waals surface area contributed by atoms with Crippen LogP contribution < -0.4 is 26.6 Å². The van der Waals surface area contributed by atoms with Crippen molar-refractivity contribution in [2.75, 3.05) is 132 Å². The molecule has 0 aliphatic heterocycles. The van der Waals surface area contributed by atoms with Crippen LogP contribution in [0.25, 0.3) is 0 Å². The minimum atomic E-state index is -1.30. The lowest BCUT2D eigenvalue weighted by atomic mass is 9.94. The van der Waals surface area contributed by atoms with Crippen LogP contribution in [0.15, 0.2) is 0 Å². The quantitative estimate of drug-likeness (QED) is 0.0296. The largest absolute Gasteiger partial charge is 0.481 e. The van der Waals surface area contributed by atoms with Crippen LogP contribution in [0.4, 0.5) is 0 Å². The zero-order chi connectivity index (χ0) is 56.3. The number of hydrogen-bond acceptors (Lipinski definition) is 19. The summed E-state index contributed by atoms with van der Waals surface area (Å²) in [4.78, 5) is 106. The third-order valence-corrected chi connectivity index (χ3v) is 10.8. The Labute approximate surface area is 446 Å². The van der Waals surface area contributed by atoms with Gasteiger partial charge in [0.15, 0.2) is 5.78 Å². The number of aliphatic carboxylic acids is 3. The summed E-state index contributed by atoms with van der Waals surface area (Å²) in [5.74, 6) is -6.51. The fourth-order valence-electron chi connectivity index (χ4n) is 6.76. The van der Waals surface area contributed by atoms with Gasteiger partial charge in [-0.1, -0.05) is 51.4 Å². The molecular formula is C50H89N5O21. The number of aliphatic hydroxyl groups is 1. The van der Waals surface area contributed by atoms with Gasteiger partial charge in [0.1, 0.15) is 37.9 Å². The van der Waals surface area contributed by atoms with Gasteiger partial charge in [-0.25, -0.2) is 4.79 Å². The second-order valence-electron chi connectivity index (χ2n) is 17.6. The number of carbonyl (C=O) groups excluding carboxylic acids is 6. The molecule has 0 saturated heterocycles. The van der Waals surface area contributed by atoms with Gasteiger partial charge in [0, 0.05) is 58.3 Å². The predicted molar refractivity (Wildman–Crippen MR) is 272 cm³/mol. The molecule has 4 amide bonds. The van der Waals surface area contributed by atoms with Crippen molar-refractivity contribution in [2.45, 2.75) is 128 Å². The maximum absolute atomic E-state index is 12.6. The summed E-state index contributed by atoms with van der Waals surface area (Å²) in [6.45, 7) is 4.96. The number of ketones is 2.